The number of esters is 1. The number of benzene rings is 1. The van der Waals surface area contributed by atoms with Gasteiger partial charge in [-0.25, -0.2) is 4.79 Å². The lowest BCUT2D eigenvalue weighted by Crippen LogP contribution is -2.47. The van der Waals surface area contributed by atoms with Gasteiger partial charge in [-0.1, -0.05) is 31.5 Å². The molecule has 1 atom stereocenters. The summed E-state index contributed by atoms with van der Waals surface area (Å²) < 4.78 is 10.6. The van der Waals surface area contributed by atoms with E-state index in [0.717, 1.165) is 17.7 Å². The summed E-state index contributed by atoms with van der Waals surface area (Å²) in [5.41, 5.74) is -0.535. The Balaban J connectivity index is 1.79. The lowest BCUT2D eigenvalue weighted by atomic mass is 9.84. The number of nitrogens with zero attached hydrogens (tertiary/aromatic N) is 1. The van der Waals surface area contributed by atoms with Gasteiger partial charge in [0, 0.05) is 12.0 Å². The van der Waals surface area contributed by atoms with E-state index in [1.807, 2.05) is 13.0 Å². The molecule has 2 heterocycles. The minimum absolute atomic E-state index is 0.292. The third kappa shape index (κ3) is 2.70. The summed E-state index contributed by atoms with van der Waals surface area (Å²) in [5.74, 6) is -0.440. The molecule has 0 saturated carbocycles. The Morgan fingerprint density at radius 2 is 2.17 bits per heavy atom. The molecule has 1 aromatic rings. The summed E-state index contributed by atoms with van der Waals surface area (Å²) in [6, 6.07) is 6.54. The van der Waals surface area contributed by atoms with E-state index in [1.54, 1.807) is 18.2 Å². The number of carbonyl (C=O) groups excluding carboxylic acids is 3. The van der Waals surface area contributed by atoms with E-state index >= 15 is 0 Å². The minimum atomic E-state index is -1.16. The Labute approximate surface area is 139 Å². The minimum Gasteiger partial charge on any atom is -0.493 e. The van der Waals surface area contributed by atoms with Gasteiger partial charge in [-0.2, -0.15) is 0 Å². The lowest BCUT2D eigenvalue weighted by Gasteiger charge is -2.33. The number of fused-ring (bicyclic) bond motifs is 2. The SMILES string of the molecule is CCCCOC(=O)CN1C(=O)N[C@]2(CCOc3ccccc32)C1=O. The Kier molecular flexibility index (Phi) is 4.42. The number of urea groups is 1. The zero-order chi connectivity index (χ0) is 17.2. The molecule has 7 heteroatoms. The highest BCUT2D eigenvalue weighted by atomic mass is 16.5. The van der Waals surface area contributed by atoms with Gasteiger partial charge in [0.05, 0.1) is 13.2 Å². The number of hydrogen-bond acceptors (Lipinski definition) is 5. The van der Waals surface area contributed by atoms with E-state index in [-0.39, 0.29) is 6.54 Å². The first kappa shape index (κ1) is 16.3. The normalized spacial score (nSPS) is 22.1. The second-order valence-corrected chi connectivity index (χ2v) is 5.90. The number of rotatable bonds is 5. The molecule has 3 rings (SSSR count). The molecular weight excluding hydrogens is 312 g/mol. The summed E-state index contributed by atoms with van der Waals surface area (Å²) in [6.45, 7) is 2.22. The predicted molar refractivity (Wildman–Crippen MR) is 84.3 cm³/mol. The van der Waals surface area contributed by atoms with Gasteiger partial charge < -0.3 is 14.8 Å². The molecule has 1 N–H and O–H groups in total. The Morgan fingerprint density at radius 1 is 1.38 bits per heavy atom. The molecule has 0 radical (unpaired) electrons. The molecule has 1 spiro atoms. The van der Waals surface area contributed by atoms with Crippen LogP contribution in [0.15, 0.2) is 24.3 Å². The number of amides is 3. The highest BCUT2D eigenvalue weighted by Crippen LogP contribution is 2.40. The van der Waals surface area contributed by atoms with Crippen molar-refractivity contribution in [3.8, 4) is 5.75 Å². The maximum absolute atomic E-state index is 12.9. The van der Waals surface area contributed by atoms with Crippen LogP contribution in [0.3, 0.4) is 0 Å². The first-order valence-corrected chi connectivity index (χ1v) is 8.10. The van der Waals surface area contributed by atoms with Gasteiger partial charge in [0.1, 0.15) is 12.3 Å². The second-order valence-electron chi connectivity index (χ2n) is 5.90. The number of imide groups is 1. The van der Waals surface area contributed by atoms with Crippen LogP contribution < -0.4 is 10.1 Å². The average molecular weight is 332 g/mol. The predicted octanol–water partition coefficient (Wildman–Crippen LogP) is 1.56. The fourth-order valence-electron chi connectivity index (χ4n) is 3.02. The summed E-state index contributed by atoms with van der Waals surface area (Å²) in [6.07, 6.45) is 1.98. The van der Waals surface area contributed by atoms with Gasteiger partial charge in [0.25, 0.3) is 5.91 Å². The molecule has 7 nitrogen and oxygen atoms in total. The number of unbranched alkanes of at least 4 members (excludes halogenated alkanes) is 1. The summed E-state index contributed by atoms with van der Waals surface area (Å²) in [4.78, 5) is 38.0. The largest absolute Gasteiger partial charge is 0.493 e. The number of hydrogen-bond donors (Lipinski definition) is 1. The highest BCUT2D eigenvalue weighted by molar-refractivity contribution is 6.09. The molecule has 0 bridgehead atoms. The van der Waals surface area contributed by atoms with Crippen LogP contribution in [-0.4, -0.2) is 42.6 Å². The first-order valence-electron chi connectivity index (χ1n) is 8.10. The molecule has 2 aliphatic heterocycles. The Morgan fingerprint density at radius 3 is 2.96 bits per heavy atom. The number of carbonyl (C=O) groups is 3. The summed E-state index contributed by atoms with van der Waals surface area (Å²) in [7, 11) is 0. The molecule has 3 amide bonds. The Hall–Kier alpha value is -2.57. The van der Waals surface area contributed by atoms with Crippen molar-refractivity contribution in [1.29, 1.82) is 0 Å². The molecule has 1 aromatic carbocycles. The molecule has 2 aliphatic rings. The quantitative estimate of drug-likeness (QED) is 0.502. The number of para-hydroxylation sites is 1. The topological polar surface area (TPSA) is 84.9 Å². The van der Waals surface area contributed by atoms with E-state index in [4.69, 9.17) is 9.47 Å². The van der Waals surface area contributed by atoms with Gasteiger partial charge >= 0.3 is 12.0 Å². The van der Waals surface area contributed by atoms with Gasteiger partial charge in [-0.05, 0) is 12.5 Å². The average Bonchev–Trinajstić information content (AvgIpc) is 2.81. The van der Waals surface area contributed by atoms with E-state index < -0.39 is 23.4 Å². The molecule has 24 heavy (non-hydrogen) atoms. The first-order chi connectivity index (χ1) is 11.6. The van der Waals surface area contributed by atoms with Crippen LogP contribution in [0.4, 0.5) is 4.79 Å². The van der Waals surface area contributed by atoms with Crippen molar-refractivity contribution in [3.05, 3.63) is 29.8 Å². The fourth-order valence-corrected chi connectivity index (χ4v) is 3.02. The van der Waals surface area contributed by atoms with Gasteiger partial charge in [-0.3, -0.25) is 14.5 Å². The standard InChI is InChI=1S/C17H20N2O5/c1-2-3-9-24-14(20)11-19-15(21)17(18-16(19)22)8-10-23-13-7-5-4-6-12(13)17/h4-7H,2-3,8-11H2,1H3,(H,18,22)/t17-/m0/s1. The van der Waals surface area contributed by atoms with Crippen LogP contribution in [0.25, 0.3) is 0 Å². The molecular formula is C17H20N2O5. The van der Waals surface area contributed by atoms with E-state index in [1.165, 1.54) is 0 Å². The molecule has 1 fully saturated rings. The lowest BCUT2D eigenvalue weighted by molar-refractivity contribution is -0.148. The smallest absolute Gasteiger partial charge is 0.326 e. The maximum Gasteiger partial charge on any atom is 0.326 e. The zero-order valence-corrected chi connectivity index (χ0v) is 13.5. The second kappa shape index (κ2) is 6.51. The van der Waals surface area contributed by atoms with Crippen molar-refractivity contribution in [3.63, 3.8) is 0 Å². The maximum atomic E-state index is 12.9. The van der Waals surface area contributed by atoms with E-state index in [0.29, 0.717) is 30.9 Å². The third-order valence-electron chi connectivity index (χ3n) is 4.31. The van der Waals surface area contributed by atoms with Crippen LogP contribution in [-0.2, 0) is 19.9 Å². The highest BCUT2D eigenvalue weighted by Gasteiger charge is 2.55. The number of nitrogens with one attached hydrogen (secondary N) is 1. The van der Waals surface area contributed by atoms with Crippen LogP contribution in [0, 0.1) is 0 Å². The van der Waals surface area contributed by atoms with Crippen molar-refractivity contribution < 1.29 is 23.9 Å². The van der Waals surface area contributed by atoms with E-state index in [2.05, 4.69) is 5.32 Å². The van der Waals surface area contributed by atoms with Crippen LogP contribution >= 0.6 is 0 Å². The molecule has 1 saturated heterocycles. The van der Waals surface area contributed by atoms with Crippen molar-refractivity contribution in [2.24, 2.45) is 0 Å². The Bertz CT molecular complexity index is 675. The third-order valence-corrected chi connectivity index (χ3v) is 4.31. The van der Waals surface area contributed by atoms with E-state index in [9.17, 15) is 14.4 Å². The summed E-state index contributed by atoms with van der Waals surface area (Å²) in [5, 5.41) is 2.75. The van der Waals surface area contributed by atoms with Crippen molar-refractivity contribution in [1.82, 2.24) is 10.2 Å². The molecule has 0 aliphatic carbocycles. The fraction of sp³-hybridized carbons (Fsp3) is 0.471. The van der Waals surface area contributed by atoms with Gasteiger partial charge in [0.2, 0.25) is 0 Å². The van der Waals surface area contributed by atoms with Crippen LogP contribution in [0.5, 0.6) is 5.75 Å². The monoisotopic (exact) mass is 332 g/mol. The van der Waals surface area contributed by atoms with Gasteiger partial charge in [-0.15, -0.1) is 0 Å². The van der Waals surface area contributed by atoms with Crippen molar-refractivity contribution in [2.45, 2.75) is 31.7 Å². The van der Waals surface area contributed by atoms with Gasteiger partial charge in [0.15, 0.2) is 5.54 Å². The number of ether oxygens (including phenoxy) is 2. The van der Waals surface area contributed by atoms with Crippen LogP contribution in [0.2, 0.25) is 0 Å². The zero-order valence-electron chi connectivity index (χ0n) is 13.5. The molecule has 0 aromatic heterocycles. The van der Waals surface area contributed by atoms with Crippen LogP contribution in [0.1, 0.15) is 31.7 Å². The molecule has 128 valence electrons. The molecule has 0 unspecified atom stereocenters. The van der Waals surface area contributed by atoms with Crippen molar-refractivity contribution >= 4 is 17.9 Å². The van der Waals surface area contributed by atoms with Crippen molar-refractivity contribution in [2.75, 3.05) is 19.8 Å². The summed E-state index contributed by atoms with van der Waals surface area (Å²) >= 11 is 0.